The van der Waals surface area contributed by atoms with Gasteiger partial charge in [0.05, 0.1) is 18.9 Å². The van der Waals surface area contributed by atoms with Crippen LogP contribution >= 0.6 is 0 Å². The predicted octanol–water partition coefficient (Wildman–Crippen LogP) is 4.02. The van der Waals surface area contributed by atoms with Gasteiger partial charge in [0.2, 0.25) is 5.76 Å². The van der Waals surface area contributed by atoms with Gasteiger partial charge in [0.15, 0.2) is 11.5 Å². The molecule has 2 aromatic carbocycles. The van der Waals surface area contributed by atoms with E-state index < -0.39 is 23.8 Å². The number of barbiturate groups is 1. The van der Waals surface area contributed by atoms with Crippen LogP contribution in [-0.4, -0.2) is 42.1 Å². The first-order valence-electron chi connectivity index (χ1n) is 11.7. The number of hydrogen-bond donors (Lipinski definition) is 2. The van der Waals surface area contributed by atoms with E-state index in [2.05, 4.69) is 5.32 Å². The number of nitrogens with one attached hydrogen (secondary N) is 1. The monoisotopic (exact) mass is 520 g/mol. The summed E-state index contributed by atoms with van der Waals surface area (Å²) in [5, 5.41) is 11.2. The van der Waals surface area contributed by atoms with Gasteiger partial charge in [-0.1, -0.05) is 12.1 Å². The summed E-state index contributed by atoms with van der Waals surface area (Å²) in [7, 11) is 0. The number of carboxylic acid groups (broad SMARTS) is 1. The summed E-state index contributed by atoms with van der Waals surface area (Å²) >= 11 is 0. The van der Waals surface area contributed by atoms with E-state index in [1.54, 1.807) is 43.3 Å². The Morgan fingerprint density at radius 2 is 1.76 bits per heavy atom. The van der Waals surface area contributed by atoms with E-state index in [1.807, 2.05) is 6.92 Å². The number of nitrogens with zero attached hydrogens (tertiary/aromatic N) is 1. The molecule has 1 aliphatic heterocycles. The fraction of sp³-hybridized carbons (Fsp3) is 0.185. The van der Waals surface area contributed by atoms with Crippen molar-refractivity contribution in [2.45, 2.75) is 20.5 Å². The van der Waals surface area contributed by atoms with E-state index in [4.69, 9.17) is 23.7 Å². The molecule has 2 N–H and O–H groups in total. The Kier molecular flexibility index (Phi) is 7.76. The molecule has 0 aliphatic carbocycles. The number of carboxylic acids is 1. The lowest BCUT2D eigenvalue weighted by atomic mass is 10.1. The number of hydrogen-bond acceptors (Lipinski definition) is 8. The van der Waals surface area contributed by atoms with Crippen molar-refractivity contribution in [2.24, 2.45) is 0 Å². The molecule has 0 bridgehead atoms. The molecule has 2 heterocycles. The molecule has 0 unspecified atom stereocenters. The normalized spacial score (nSPS) is 14.4. The molecule has 0 spiro atoms. The van der Waals surface area contributed by atoms with Crippen LogP contribution < -0.4 is 24.4 Å². The van der Waals surface area contributed by atoms with Crippen molar-refractivity contribution in [3.05, 3.63) is 77.3 Å². The topological polar surface area (TPSA) is 145 Å². The van der Waals surface area contributed by atoms with Crippen LogP contribution in [0.3, 0.4) is 0 Å². The van der Waals surface area contributed by atoms with Crippen LogP contribution in [0.25, 0.3) is 6.08 Å². The number of benzene rings is 2. The molecule has 1 fully saturated rings. The quantitative estimate of drug-likeness (QED) is 0.299. The molecular formula is C27H24N2O9. The summed E-state index contributed by atoms with van der Waals surface area (Å²) in [4.78, 5) is 50.2. The van der Waals surface area contributed by atoms with Crippen molar-refractivity contribution < 1.29 is 42.9 Å². The van der Waals surface area contributed by atoms with Crippen molar-refractivity contribution >= 4 is 35.6 Å². The molecule has 1 aliphatic rings. The van der Waals surface area contributed by atoms with E-state index in [0.717, 1.165) is 4.90 Å². The van der Waals surface area contributed by atoms with Crippen LogP contribution in [0.4, 0.5) is 10.5 Å². The Labute approximate surface area is 217 Å². The van der Waals surface area contributed by atoms with Gasteiger partial charge in [0.25, 0.3) is 11.8 Å². The Bertz CT molecular complexity index is 1420. The Morgan fingerprint density at radius 3 is 2.47 bits per heavy atom. The van der Waals surface area contributed by atoms with Crippen LogP contribution in [-0.2, 0) is 16.2 Å². The van der Waals surface area contributed by atoms with Crippen LogP contribution in [0, 0.1) is 0 Å². The predicted molar refractivity (Wildman–Crippen MR) is 134 cm³/mol. The van der Waals surface area contributed by atoms with Crippen molar-refractivity contribution in [3.63, 3.8) is 0 Å². The third-order valence-corrected chi connectivity index (χ3v) is 5.31. The van der Waals surface area contributed by atoms with Gasteiger partial charge in [-0.05, 0) is 61.9 Å². The summed E-state index contributed by atoms with van der Waals surface area (Å²) in [6.45, 7) is 4.24. The van der Waals surface area contributed by atoms with Gasteiger partial charge in [0, 0.05) is 6.07 Å². The summed E-state index contributed by atoms with van der Waals surface area (Å²) in [6, 6.07) is 13.1. The number of aromatic carboxylic acids is 1. The second-order valence-electron chi connectivity index (χ2n) is 7.89. The van der Waals surface area contributed by atoms with Gasteiger partial charge in [-0.2, -0.15) is 0 Å². The fourth-order valence-corrected chi connectivity index (χ4v) is 3.66. The highest BCUT2D eigenvalue weighted by molar-refractivity contribution is 6.39. The van der Waals surface area contributed by atoms with Crippen molar-refractivity contribution in [1.29, 1.82) is 0 Å². The first kappa shape index (κ1) is 26.0. The van der Waals surface area contributed by atoms with Gasteiger partial charge < -0.3 is 23.7 Å². The highest BCUT2D eigenvalue weighted by Gasteiger charge is 2.37. The first-order valence-corrected chi connectivity index (χ1v) is 11.7. The second-order valence-corrected chi connectivity index (χ2v) is 7.89. The number of imide groups is 2. The largest absolute Gasteiger partial charge is 0.494 e. The van der Waals surface area contributed by atoms with Crippen LogP contribution in [0.1, 0.15) is 35.7 Å². The van der Waals surface area contributed by atoms with E-state index >= 15 is 0 Å². The van der Waals surface area contributed by atoms with Gasteiger partial charge in [-0.25, -0.2) is 14.5 Å². The summed E-state index contributed by atoms with van der Waals surface area (Å²) < 4.78 is 22.0. The molecule has 1 saturated heterocycles. The number of rotatable bonds is 10. The fourth-order valence-electron chi connectivity index (χ4n) is 3.66. The molecule has 0 radical (unpaired) electrons. The number of amides is 4. The molecule has 11 nitrogen and oxygen atoms in total. The number of carbonyl (C=O) groups is 4. The van der Waals surface area contributed by atoms with Crippen molar-refractivity contribution in [1.82, 2.24) is 5.32 Å². The molecule has 38 heavy (non-hydrogen) atoms. The maximum Gasteiger partial charge on any atom is 0.371 e. The molecule has 4 amide bonds. The highest BCUT2D eigenvalue weighted by Crippen LogP contribution is 2.31. The summed E-state index contributed by atoms with van der Waals surface area (Å²) in [5.41, 5.74) is 0.446. The zero-order valence-corrected chi connectivity index (χ0v) is 20.6. The number of urea groups is 1. The molecule has 3 aromatic rings. The zero-order valence-electron chi connectivity index (χ0n) is 20.6. The smallest absolute Gasteiger partial charge is 0.371 e. The van der Waals surface area contributed by atoms with Crippen LogP contribution in [0.5, 0.6) is 17.2 Å². The van der Waals surface area contributed by atoms with Crippen molar-refractivity contribution in [3.8, 4) is 17.2 Å². The first-order chi connectivity index (χ1) is 18.3. The number of carbonyl (C=O) groups excluding carboxylic acids is 3. The lowest BCUT2D eigenvalue weighted by molar-refractivity contribution is -0.122. The average Bonchev–Trinajstić information content (AvgIpc) is 3.36. The molecule has 196 valence electrons. The third kappa shape index (κ3) is 5.67. The SMILES string of the molecule is CCOc1cccc(N2C(=O)NC(=O)C(=Cc3ccc(OCc4ccc(C(=O)O)o4)c(OCC)c3)C2=O)c1. The van der Waals surface area contributed by atoms with Gasteiger partial charge in [0.1, 0.15) is 23.7 Å². The van der Waals surface area contributed by atoms with E-state index in [9.17, 15) is 19.2 Å². The summed E-state index contributed by atoms with van der Waals surface area (Å²) in [6.07, 6.45) is 1.35. The summed E-state index contributed by atoms with van der Waals surface area (Å²) in [5.74, 6) is -1.58. The molecule has 0 saturated carbocycles. The van der Waals surface area contributed by atoms with Crippen LogP contribution in [0.15, 0.2) is 64.6 Å². The number of anilines is 1. The van der Waals surface area contributed by atoms with Gasteiger partial charge in [-0.15, -0.1) is 0 Å². The minimum absolute atomic E-state index is 0.0490. The number of ether oxygens (including phenoxy) is 3. The minimum Gasteiger partial charge on any atom is -0.494 e. The van der Waals surface area contributed by atoms with Gasteiger partial charge in [-0.3, -0.25) is 14.9 Å². The molecule has 1 aromatic heterocycles. The molecular weight excluding hydrogens is 496 g/mol. The van der Waals surface area contributed by atoms with E-state index in [0.29, 0.717) is 41.8 Å². The van der Waals surface area contributed by atoms with Crippen LogP contribution in [0.2, 0.25) is 0 Å². The maximum atomic E-state index is 13.2. The Balaban J connectivity index is 1.59. The lowest BCUT2D eigenvalue weighted by Gasteiger charge is -2.26. The average molecular weight is 520 g/mol. The maximum absolute atomic E-state index is 13.2. The van der Waals surface area contributed by atoms with Gasteiger partial charge >= 0.3 is 12.0 Å². The van der Waals surface area contributed by atoms with E-state index in [1.165, 1.54) is 24.3 Å². The standard InChI is InChI=1S/C27H24N2O9/c1-3-35-18-7-5-6-17(14-18)29-25(31)20(24(30)28-27(29)34)12-16-8-10-21(23(13-16)36-4-2)37-15-19-9-11-22(38-19)26(32)33/h5-14H,3-4,15H2,1-2H3,(H,32,33)(H,28,30,34). The highest BCUT2D eigenvalue weighted by atomic mass is 16.5. The molecule has 4 rings (SSSR count). The van der Waals surface area contributed by atoms with Crippen molar-refractivity contribution in [2.75, 3.05) is 18.1 Å². The zero-order chi connectivity index (χ0) is 27.2. The second kappa shape index (κ2) is 11.3. The minimum atomic E-state index is -1.19. The third-order valence-electron chi connectivity index (χ3n) is 5.31. The Hall–Kier alpha value is -5.06. The Morgan fingerprint density at radius 1 is 0.974 bits per heavy atom. The number of furan rings is 1. The molecule has 0 atom stereocenters. The van der Waals surface area contributed by atoms with E-state index in [-0.39, 0.29) is 23.6 Å². The molecule has 11 heteroatoms. The lowest BCUT2D eigenvalue weighted by Crippen LogP contribution is -2.54.